The number of fused-ring (bicyclic) bond motifs is 2. The molecule has 2 unspecified atom stereocenters. The fourth-order valence-corrected chi connectivity index (χ4v) is 3.25. The van der Waals surface area contributed by atoms with Crippen LogP contribution in [0.25, 0.3) is 0 Å². The van der Waals surface area contributed by atoms with Gasteiger partial charge < -0.3 is 10.2 Å². The average Bonchev–Trinajstić information content (AvgIpc) is 2.78. The van der Waals surface area contributed by atoms with Crippen LogP contribution in [-0.4, -0.2) is 40.9 Å². The number of hydrogen-bond acceptors (Lipinski definition) is 4. The Bertz CT molecular complexity index is 593. The Kier molecular flexibility index (Phi) is 5.03. The zero-order valence-electron chi connectivity index (χ0n) is 12.4. The predicted octanol–water partition coefficient (Wildman–Crippen LogP) is 2.29. The Morgan fingerprint density at radius 2 is 2.05 bits per heavy atom. The fourth-order valence-electron chi connectivity index (χ4n) is 3.25. The van der Waals surface area contributed by atoms with Crippen molar-refractivity contribution in [3.05, 3.63) is 39.4 Å². The van der Waals surface area contributed by atoms with E-state index in [-0.39, 0.29) is 24.0 Å². The Morgan fingerprint density at radius 3 is 2.77 bits per heavy atom. The quantitative estimate of drug-likeness (QED) is 0.668. The molecule has 22 heavy (non-hydrogen) atoms. The van der Waals surface area contributed by atoms with Crippen molar-refractivity contribution >= 4 is 24.0 Å². The zero-order chi connectivity index (χ0) is 15.0. The second-order valence-corrected chi connectivity index (χ2v) is 5.94. The first-order valence-electron chi connectivity index (χ1n) is 7.35. The third-order valence-corrected chi connectivity index (χ3v) is 4.46. The highest BCUT2D eigenvalue weighted by Crippen LogP contribution is 2.24. The van der Waals surface area contributed by atoms with Gasteiger partial charge in [0.25, 0.3) is 11.6 Å². The Morgan fingerprint density at radius 1 is 1.32 bits per heavy atom. The van der Waals surface area contributed by atoms with Crippen LogP contribution in [0.1, 0.15) is 35.2 Å². The van der Waals surface area contributed by atoms with Gasteiger partial charge in [0.2, 0.25) is 0 Å². The molecule has 7 heteroatoms. The summed E-state index contributed by atoms with van der Waals surface area (Å²) in [6.45, 7) is 3.09. The van der Waals surface area contributed by atoms with E-state index >= 15 is 0 Å². The van der Waals surface area contributed by atoms with E-state index in [4.69, 9.17) is 0 Å². The van der Waals surface area contributed by atoms with Crippen LogP contribution in [0.3, 0.4) is 0 Å². The fraction of sp³-hybridized carbons (Fsp3) is 0.533. The van der Waals surface area contributed by atoms with Gasteiger partial charge in [-0.05, 0) is 32.3 Å². The van der Waals surface area contributed by atoms with Crippen LogP contribution < -0.4 is 5.32 Å². The number of nitro groups is 1. The molecule has 2 atom stereocenters. The summed E-state index contributed by atoms with van der Waals surface area (Å²) in [6, 6.07) is 5.60. The third kappa shape index (κ3) is 3.23. The summed E-state index contributed by atoms with van der Waals surface area (Å²) < 4.78 is 0. The maximum absolute atomic E-state index is 12.6. The first-order valence-corrected chi connectivity index (χ1v) is 7.35. The molecule has 3 rings (SSSR count). The van der Waals surface area contributed by atoms with E-state index in [0.29, 0.717) is 36.3 Å². The summed E-state index contributed by atoms with van der Waals surface area (Å²) in [6.07, 6.45) is 3.24. The number of nitrogens with one attached hydrogen (secondary N) is 1. The molecule has 1 aromatic rings. The maximum Gasteiger partial charge on any atom is 0.273 e. The molecule has 2 fully saturated rings. The van der Waals surface area contributed by atoms with E-state index < -0.39 is 4.92 Å². The first kappa shape index (κ1) is 16.7. The van der Waals surface area contributed by atoms with Gasteiger partial charge in [0.15, 0.2) is 0 Å². The van der Waals surface area contributed by atoms with Gasteiger partial charge in [-0.25, -0.2) is 0 Å². The average molecular weight is 326 g/mol. The lowest BCUT2D eigenvalue weighted by atomic mass is 10.1. The van der Waals surface area contributed by atoms with E-state index in [1.165, 1.54) is 12.5 Å². The standard InChI is InChI=1S/C15H19N3O3.ClH/c1-10-2-3-11(8-14(10)18(20)21)15(19)17-7-6-12-4-5-13(9-17)16-12;/h2-3,8,12-13,16H,4-7,9H2,1H3;1H. The van der Waals surface area contributed by atoms with E-state index in [1.807, 2.05) is 4.90 Å². The molecule has 120 valence electrons. The van der Waals surface area contributed by atoms with Gasteiger partial charge >= 0.3 is 0 Å². The molecule has 2 bridgehead atoms. The smallest absolute Gasteiger partial charge is 0.273 e. The van der Waals surface area contributed by atoms with Crippen LogP contribution in [-0.2, 0) is 0 Å². The number of nitro benzene ring substituents is 1. The molecule has 2 saturated heterocycles. The van der Waals surface area contributed by atoms with Gasteiger partial charge in [0.1, 0.15) is 0 Å². The van der Waals surface area contributed by atoms with Crippen molar-refractivity contribution in [1.29, 1.82) is 0 Å². The van der Waals surface area contributed by atoms with Crippen molar-refractivity contribution in [2.24, 2.45) is 0 Å². The summed E-state index contributed by atoms with van der Waals surface area (Å²) in [5, 5.41) is 14.5. The second kappa shape index (κ2) is 6.62. The molecule has 0 aromatic heterocycles. The molecule has 2 heterocycles. The van der Waals surface area contributed by atoms with E-state index in [2.05, 4.69) is 5.32 Å². The molecule has 1 amide bonds. The van der Waals surface area contributed by atoms with Gasteiger partial charge in [-0.2, -0.15) is 0 Å². The number of nitrogens with zero attached hydrogens (tertiary/aromatic N) is 2. The lowest BCUT2D eigenvalue weighted by Gasteiger charge is -2.24. The topological polar surface area (TPSA) is 75.5 Å². The first-order chi connectivity index (χ1) is 10.0. The highest BCUT2D eigenvalue weighted by molar-refractivity contribution is 5.95. The normalized spacial score (nSPS) is 23.6. The van der Waals surface area contributed by atoms with Gasteiger partial charge in [-0.15, -0.1) is 12.4 Å². The summed E-state index contributed by atoms with van der Waals surface area (Å²) >= 11 is 0. The molecule has 6 nitrogen and oxygen atoms in total. The third-order valence-electron chi connectivity index (χ3n) is 4.46. The molecule has 2 aliphatic heterocycles. The highest BCUT2D eigenvalue weighted by Gasteiger charge is 2.31. The number of carbonyl (C=O) groups is 1. The minimum atomic E-state index is -0.432. The lowest BCUT2D eigenvalue weighted by molar-refractivity contribution is -0.385. The Hall–Kier alpha value is -1.66. The van der Waals surface area contributed by atoms with Crippen LogP contribution in [0, 0.1) is 17.0 Å². The van der Waals surface area contributed by atoms with Crippen molar-refractivity contribution in [1.82, 2.24) is 10.2 Å². The monoisotopic (exact) mass is 325 g/mol. The molecular formula is C15H20ClN3O3. The predicted molar refractivity (Wildman–Crippen MR) is 85.5 cm³/mol. The summed E-state index contributed by atoms with van der Waals surface area (Å²) in [4.78, 5) is 25.0. The van der Waals surface area contributed by atoms with Gasteiger partial charge in [0.05, 0.1) is 4.92 Å². The number of likely N-dealkylation sites (tertiary alicyclic amines) is 1. The van der Waals surface area contributed by atoms with E-state index in [0.717, 1.165) is 12.8 Å². The Balaban J connectivity index is 0.00000176. The molecule has 0 spiro atoms. The van der Waals surface area contributed by atoms with Gasteiger partial charge in [-0.3, -0.25) is 14.9 Å². The van der Waals surface area contributed by atoms with Crippen molar-refractivity contribution in [2.45, 2.75) is 38.3 Å². The zero-order valence-corrected chi connectivity index (χ0v) is 13.3. The van der Waals surface area contributed by atoms with Gasteiger partial charge in [-0.1, -0.05) is 6.07 Å². The highest BCUT2D eigenvalue weighted by atomic mass is 35.5. The van der Waals surface area contributed by atoms with Crippen LogP contribution in [0.4, 0.5) is 5.69 Å². The van der Waals surface area contributed by atoms with Gasteiger partial charge in [0, 0.05) is 42.4 Å². The Labute approximate surface area is 135 Å². The number of hydrogen-bond donors (Lipinski definition) is 1. The van der Waals surface area contributed by atoms with Crippen LogP contribution in [0.15, 0.2) is 18.2 Å². The van der Waals surface area contributed by atoms with E-state index in [9.17, 15) is 14.9 Å². The number of halogens is 1. The summed E-state index contributed by atoms with van der Waals surface area (Å²) in [5.41, 5.74) is 0.994. The largest absolute Gasteiger partial charge is 0.337 e. The SMILES string of the molecule is Cc1ccc(C(=O)N2CCC3CCC(C2)N3)cc1[N+](=O)[O-].Cl. The number of benzene rings is 1. The summed E-state index contributed by atoms with van der Waals surface area (Å²) in [5.74, 6) is -0.104. The second-order valence-electron chi connectivity index (χ2n) is 5.94. The number of carbonyl (C=O) groups excluding carboxylic acids is 1. The number of rotatable bonds is 2. The molecule has 0 saturated carbocycles. The minimum Gasteiger partial charge on any atom is -0.337 e. The molecule has 2 aliphatic rings. The van der Waals surface area contributed by atoms with Crippen LogP contribution >= 0.6 is 12.4 Å². The summed E-state index contributed by atoms with van der Waals surface area (Å²) in [7, 11) is 0. The molecule has 0 radical (unpaired) electrons. The van der Waals surface area contributed by atoms with Crippen molar-refractivity contribution in [2.75, 3.05) is 13.1 Å². The molecule has 1 N–H and O–H groups in total. The molecular weight excluding hydrogens is 306 g/mol. The van der Waals surface area contributed by atoms with Crippen molar-refractivity contribution in [3.63, 3.8) is 0 Å². The molecule has 1 aromatic carbocycles. The molecule has 0 aliphatic carbocycles. The lowest BCUT2D eigenvalue weighted by Crippen LogP contribution is -2.39. The number of aryl methyl sites for hydroxylation is 1. The maximum atomic E-state index is 12.6. The van der Waals surface area contributed by atoms with Crippen molar-refractivity contribution in [3.8, 4) is 0 Å². The van der Waals surface area contributed by atoms with Crippen molar-refractivity contribution < 1.29 is 9.72 Å². The van der Waals surface area contributed by atoms with Crippen LogP contribution in [0.2, 0.25) is 0 Å². The van der Waals surface area contributed by atoms with Crippen LogP contribution in [0.5, 0.6) is 0 Å². The minimum absolute atomic E-state index is 0. The van der Waals surface area contributed by atoms with E-state index in [1.54, 1.807) is 19.1 Å². The number of amides is 1.